The highest BCUT2D eigenvalue weighted by Gasteiger charge is 2.13. The molecule has 0 spiro atoms. The molecular weight excluding hydrogens is 310 g/mol. The maximum atomic E-state index is 8.77. The predicted octanol–water partition coefficient (Wildman–Crippen LogP) is 5.52. The molecule has 3 heteroatoms. The molecule has 128 valence electrons. The number of aryl methyl sites for hydroxylation is 1. The normalized spacial score (nSPS) is 11.2. The molecule has 1 aromatic heterocycles. The van der Waals surface area contributed by atoms with Gasteiger partial charge in [0.05, 0.1) is 11.8 Å². The first-order chi connectivity index (χ1) is 12.3. The van der Waals surface area contributed by atoms with Gasteiger partial charge in [-0.25, -0.2) is 0 Å². The number of allylic oxidation sites excluding steroid dienone is 1. The van der Waals surface area contributed by atoms with E-state index in [1.165, 1.54) is 0 Å². The standard InChI is InChI=1S/C22H23NO2/c1-17-20(13-6-3-9-15-24)23-21-14-8-7-12-19(21)22(17)25-16-18-10-4-2-5-11-18/h2,4-5,7-12,14-15,24H,3,6,13,16H2,1H3. The third-order valence-corrected chi connectivity index (χ3v) is 4.29. The number of ether oxygens (including phenoxy) is 1. The van der Waals surface area contributed by atoms with E-state index in [1.807, 2.05) is 36.4 Å². The zero-order valence-corrected chi connectivity index (χ0v) is 14.5. The molecule has 0 aliphatic heterocycles. The molecule has 0 saturated heterocycles. The number of aliphatic hydroxyl groups is 1. The van der Waals surface area contributed by atoms with E-state index >= 15 is 0 Å². The Morgan fingerprint density at radius 1 is 1.04 bits per heavy atom. The fourth-order valence-electron chi connectivity index (χ4n) is 2.95. The Morgan fingerprint density at radius 2 is 1.80 bits per heavy atom. The molecule has 0 fully saturated rings. The Kier molecular flexibility index (Phi) is 5.68. The number of unbranched alkanes of at least 4 members (excludes halogenated alkanes) is 1. The van der Waals surface area contributed by atoms with Crippen LogP contribution in [0.15, 0.2) is 66.9 Å². The second-order valence-electron chi connectivity index (χ2n) is 6.08. The fraction of sp³-hybridized carbons (Fsp3) is 0.227. The largest absolute Gasteiger partial charge is 0.516 e. The summed E-state index contributed by atoms with van der Waals surface area (Å²) in [4.78, 5) is 4.82. The highest BCUT2D eigenvalue weighted by molar-refractivity contribution is 5.86. The van der Waals surface area contributed by atoms with Crippen LogP contribution in [0.4, 0.5) is 0 Å². The smallest absolute Gasteiger partial charge is 0.133 e. The lowest BCUT2D eigenvalue weighted by molar-refractivity contribution is 0.307. The molecule has 3 rings (SSSR count). The summed E-state index contributed by atoms with van der Waals surface area (Å²) in [7, 11) is 0. The van der Waals surface area contributed by atoms with E-state index in [1.54, 1.807) is 6.08 Å². The van der Waals surface area contributed by atoms with Gasteiger partial charge in [-0.1, -0.05) is 48.5 Å². The van der Waals surface area contributed by atoms with Crippen molar-refractivity contribution in [3.05, 3.63) is 83.8 Å². The van der Waals surface area contributed by atoms with Crippen molar-refractivity contribution in [2.24, 2.45) is 0 Å². The van der Waals surface area contributed by atoms with E-state index in [0.717, 1.165) is 59.0 Å². The van der Waals surface area contributed by atoms with Gasteiger partial charge in [-0.05, 0) is 43.9 Å². The van der Waals surface area contributed by atoms with E-state index in [9.17, 15) is 0 Å². The second-order valence-corrected chi connectivity index (χ2v) is 6.08. The van der Waals surface area contributed by atoms with Crippen LogP contribution in [0, 0.1) is 6.92 Å². The average molecular weight is 333 g/mol. The van der Waals surface area contributed by atoms with Gasteiger partial charge in [0.15, 0.2) is 0 Å². The molecule has 0 amide bonds. The molecule has 0 saturated carbocycles. The minimum absolute atomic E-state index is 0.544. The molecule has 0 radical (unpaired) electrons. The zero-order valence-electron chi connectivity index (χ0n) is 14.5. The van der Waals surface area contributed by atoms with Crippen molar-refractivity contribution >= 4 is 10.9 Å². The summed E-state index contributed by atoms with van der Waals surface area (Å²) in [6.45, 7) is 2.62. The number of hydrogen-bond acceptors (Lipinski definition) is 3. The molecule has 0 unspecified atom stereocenters. The van der Waals surface area contributed by atoms with Gasteiger partial charge in [-0.2, -0.15) is 0 Å². The lowest BCUT2D eigenvalue weighted by Crippen LogP contribution is -2.03. The van der Waals surface area contributed by atoms with Crippen LogP contribution in [-0.4, -0.2) is 10.1 Å². The minimum Gasteiger partial charge on any atom is -0.516 e. The first-order valence-corrected chi connectivity index (χ1v) is 8.63. The first-order valence-electron chi connectivity index (χ1n) is 8.63. The number of aromatic nitrogens is 1. The van der Waals surface area contributed by atoms with E-state index in [4.69, 9.17) is 14.8 Å². The van der Waals surface area contributed by atoms with Gasteiger partial charge < -0.3 is 9.84 Å². The van der Waals surface area contributed by atoms with Crippen LogP contribution in [0.25, 0.3) is 10.9 Å². The molecule has 0 aliphatic rings. The van der Waals surface area contributed by atoms with Crippen molar-refractivity contribution < 1.29 is 9.84 Å². The maximum absolute atomic E-state index is 8.77. The van der Waals surface area contributed by atoms with E-state index in [0.29, 0.717) is 6.61 Å². The van der Waals surface area contributed by atoms with Gasteiger partial charge in [0.1, 0.15) is 12.4 Å². The van der Waals surface area contributed by atoms with E-state index < -0.39 is 0 Å². The third kappa shape index (κ3) is 4.18. The summed E-state index contributed by atoms with van der Waals surface area (Å²) < 4.78 is 6.21. The van der Waals surface area contributed by atoms with Gasteiger partial charge in [0.2, 0.25) is 0 Å². The van der Waals surface area contributed by atoms with Crippen LogP contribution in [0.5, 0.6) is 5.75 Å². The van der Waals surface area contributed by atoms with Crippen molar-refractivity contribution in [3.8, 4) is 5.75 Å². The number of rotatable bonds is 7. The topological polar surface area (TPSA) is 42.4 Å². The molecule has 3 nitrogen and oxygen atoms in total. The van der Waals surface area contributed by atoms with Crippen LogP contribution in [-0.2, 0) is 13.0 Å². The highest BCUT2D eigenvalue weighted by atomic mass is 16.5. The summed E-state index contributed by atoms with van der Waals surface area (Å²) in [6.07, 6.45) is 5.52. The number of benzene rings is 2. The number of hydrogen-bond donors (Lipinski definition) is 1. The van der Waals surface area contributed by atoms with Crippen LogP contribution in [0.3, 0.4) is 0 Å². The van der Waals surface area contributed by atoms with E-state index in [2.05, 4.69) is 25.1 Å². The number of para-hydroxylation sites is 1. The van der Waals surface area contributed by atoms with Gasteiger partial charge >= 0.3 is 0 Å². The van der Waals surface area contributed by atoms with Gasteiger partial charge in [0, 0.05) is 16.6 Å². The van der Waals surface area contributed by atoms with Crippen molar-refractivity contribution in [2.45, 2.75) is 32.8 Å². The summed E-state index contributed by atoms with van der Waals surface area (Å²) >= 11 is 0. The Hall–Kier alpha value is -2.81. The number of aliphatic hydroxyl groups excluding tert-OH is 1. The Balaban J connectivity index is 1.89. The molecule has 3 aromatic rings. The quantitative estimate of drug-likeness (QED) is 0.457. The molecule has 25 heavy (non-hydrogen) atoms. The molecule has 0 bridgehead atoms. The van der Waals surface area contributed by atoms with Gasteiger partial charge in [-0.3, -0.25) is 4.98 Å². The third-order valence-electron chi connectivity index (χ3n) is 4.29. The van der Waals surface area contributed by atoms with Crippen molar-refractivity contribution in [1.29, 1.82) is 0 Å². The van der Waals surface area contributed by atoms with Crippen LogP contribution in [0.2, 0.25) is 0 Å². The minimum atomic E-state index is 0.544. The van der Waals surface area contributed by atoms with Crippen molar-refractivity contribution in [1.82, 2.24) is 4.98 Å². The predicted molar refractivity (Wildman–Crippen MR) is 102 cm³/mol. The highest BCUT2D eigenvalue weighted by Crippen LogP contribution is 2.31. The average Bonchev–Trinajstić information content (AvgIpc) is 2.66. The lowest BCUT2D eigenvalue weighted by atomic mass is 10.0. The molecule has 0 aliphatic carbocycles. The molecule has 0 atom stereocenters. The Morgan fingerprint density at radius 3 is 2.60 bits per heavy atom. The number of fused-ring (bicyclic) bond motifs is 1. The lowest BCUT2D eigenvalue weighted by Gasteiger charge is -2.15. The fourth-order valence-corrected chi connectivity index (χ4v) is 2.95. The van der Waals surface area contributed by atoms with Gasteiger partial charge in [-0.15, -0.1) is 0 Å². The molecule has 1 N–H and O–H groups in total. The van der Waals surface area contributed by atoms with Crippen LogP contribution >= 0.6 is 0 Å². The summed E-state index contributed by atoms with van der Waals surface area (Å²) in [5, 5.41) is 9.82. The van der Waals surface area contributed by atoms with Gasteiger partial charge in [0.25, 0.3) is 0 Å². The second kappa shape index (κ2) is 8.34. The van der Waals surface area contributed by atoms with Crippen molar-refractivity contribution in [3.63, 3.8) is 0 Å². The molecular formula is C22H23NO2. The Bertz CT molecular complexity index is 857. The summed E-state index contributed by atoms with van der Waals surface area (Å²) in [6, 6.07) is 18.3. The van der Waals surface area contributed by atoms with Crippen LogP contribution in [0.1, 0.15) is 29.7 Å². The van der Waals surface area contributed by atoms with Crippen molar-refractivity contribution in [2.75, 3.05) is 0 Å². The SMILES string of the molecule is Cc1c(CCCC=CO)nc2ccccc2c1OCc1ccccc1. The zero-order chi connectivity index (χ0) is 17.5. The number of nitrogens with zero attached hydrogens (tertiary/aromatic N) is 1. The maximum Gasteiger partial charge on any atom is 0.133 e. The number of pyridine rings is 1. The van der Waals surface area contributed by atoms with Crippen LogP contribution < -0.4 is 4.74 Å². The Labute approximate surface area is 148 Å². The van der Waals surface area contributed by atoms with E-state index in [-0.39, 0.29) is 0 Å². The monoisotopic (exact) mass is 333 g/mol. The molecule has 1 heterocycles. The summed E-state index contributed by atoms with van der Waals surface area (Å²) in [5.41, 5.74) is 4.27. The first kappa shape index (κ1) is 17.0. The molecule has 2 aromatic carbocycles. The summed E-state index contributed by atoms with van der Waals surface area (Å²) in [5.74, 6) is 0.919.